The van der Waals surface area contributed by atoms with Gasteiger partial charge in [-0.25, -0.2) is 0 Å². The zero-order chi connectivity index (χ0) is 11.7. The lowest BCUT2D eigenvalue weighted by Crippen LogP contribution is -2.30. The fourth-order valence-electron chi connectivity index (χ4n) is 1.98. The predicted octanol–water partition coefficient (Wildman–Crippen LogP) is 0.794. The molecule has 16 heavy (non-hydrogen) atoms. The van der Waals surface area contributed by atoms with Gasteiger partial charge in [-0.15, -0.1) is 0 Å². The molecule has 0 unspecified atom stereocenters. The van der Waals surface area contributed by atoms with Crippen molar-refractivity contribution in [2.24, 2.45) is 0 Å². The van der Waals surface area contributed by atoms with Gasteiger partial charge in [0.1, 0.15) is 0 Å². The molecular formula is C12H13NO3. The Morgan fingerprint density at radius 3 is 2.88 bits per heavy atom. The highest BCUT2D eigenvalue weighted by Crippen LogP contribution is 2.20. The highest BCUT2D eigenvalue weighted by Gasteiger charge is 2.17. The van der Waals surface area contributed by atoms with Crippen molar-refractivity contribution < 1.29 is 14.7 Å². The lowest BCUT2D eigenvalue weighted by Gasteiger charge is -2.18. The molecule has 0 radical (unpaired) electrons. The van der Waals surface area contributed by atoms with Gasteiger partial charge in [-0.1, -0.05) is 12.1 Å². The SMILES string of the molecule is Cc1cc2c(cc1CC(=O)O)CC(=O)NC2. The predicted molar refractivity (Wildman–Crippen MR) is 58.1 cm³/mol. The number of rotatable bonds is 2. The van der Waals surface area contributed by atoms with Crippen molar-refractivity contribution in [1.82, 2.24) is 5.32 Å². The van der Waals surface area contributed by atoms with Crippen LogP contribution in [0.4, 0.5) is 0 Å². The smallest absolute Gasteiger partial charge is 0.307 e. The quantitative estimate of drug-likeness (QED) is 0.773. The van der Waals surface area contributed by atoms with Crippen molar-refractivity contribution in [2.45, 2.75) is 26.3 Å². The largest absolute Gasteiger partial charge is 0.481 e. The molecule has 2 N–H and O–H groups in total. The summed E-state index contributed by atoms with van der Waals surface area (Å²) in [7, 11) is 0. The van der Waals surface area contributed by atoms with Crippen LogP contribution >= 0.6 is 0 Å². The van der Waals surface area contributed by atoms with Crippen LogP contribution < -0.4 is 5.32 Å². The van der Waals surface area contributed by atoms with Gasteiger partial charge in [0, 0.05) is 6.54 Å². The second-order valence-electron chi connectivity index (χ2n) is 4.07. The lowest BCUT2D eigenvalue weighted by molar-refractivity contribution is -0.136. The maximum absolute atomic E-state index is 11.2. The number of nitrogens with one attached hydrogen (secondary N) is 1. The van der Waals surface area contributed by atoms with Crippen LogP contribution in [0.25, 0.3) is 0 Å². The molecule has 0 saturated carbocycles. The van der Waals surface area contributed by atoms with Gasteiger partial charge in [0.15, 0.2) is 0 Å². The highest BCUT2D eigenvalue weighted by atomic mass is 16.4. The minimum absolute atomic E-state index is 0.00220. The summed E-state index contributed by atoms with van der Waals surface area (Å²) < 4.78 is 0. The van der Waals surface area contributed by atoms with Crippen molar-refractivity contribution in [3.63, 3.8) is 0 Å². The average Bonchev–Trinajstić information content (AvgIpc) is 2.19. The molecule has 2 rings (SSSR count). The second-order valence-corrected chi connectivity index (χ2v) is 4.07. The average molecular weight is 219 g/mol. The number of carboxylic acid groups (broad SMARTS) is 1. The second kappa shape index (κ2) is 3.96. The molecule has 1 amide bonds. The van der Waals surface area contributed by atoms with Crippen molar-refractivity contribution >= 4 is 11.9 Å². The van der Waals surface area contributed by atoms with Gasteiger partial charge in [0.25, 0.3) is 0 Å². The number of aliphatic carboxylic acids is 1. The van der Waals surface area contributed by atoms with E-state index in [-0.39, 0.29) is 12.3 Å². The Balaban J connectivity index is 2.38. The van der Waals surface area contributed by atoms with Crippen LogP contribution in [-0.4, -0.2) is 17.0 Å². The van der Waals surface area contributed by atoms with Gasteiger partial charge in [-0.3, -0.25) is 9.59 Å². The first-order valence-electron chi connectivity index (χ1n) is 5.16. The third-order valence-corrected chi connectivity index (χ3v) is 2.83. The monoisotopic (exact) mass is 219 g/mol. The maximum atomic E-state index is 11.2. The third kappa shape index (κ3) is 2.05. The normalized spacial score (nSPS) is 14.2. The van der Waals surface area contributed by atoms with Crippen LogP contribution in [0.5, 0.6) is 0 Å². The summed E-state index contributed by atoms with van der Waals surface area (Å²) in [5.74, 6) is -0.846. The third-order valence-electron chi connectivity index (χ3n) is 2.83. The number of carbonyl (C=O) groups excluding carboxylic acids is 1. The van der Waals surface area contributed by atoms with Crippen LogP contribution in [0.3, 0.4) is 0 Å². The molecule has 0 spiro atoms. The number of aryl methyl sites for hydroxylation is 1. The Kier molecular flexibility index (Phi) is 2.64. The molecule has 0 aromatic heterocycles. The zero-order valence-corrected chi connectivity index (χ0v) is 9.04. The molecule has 0 bridgehead atoms. The summed E-state index contributed by atoms with van der Waals surface area (Å²) in [6.45, 7) is 2.44. The van der Waals surface area contributed by atoms with E-state index in [0.29, 0.717) is 13.0 Å². The summed E-state index contributed by atoms with van der Waals surface area (Å²) >= 11 is 0. The first kappa shape index (κ1) is 10.7. The van der Waals surface area contributed by atoms with Crippen molar-refractivity contribution in [3.8, 4) is 0 Å². The van der Waals surface area contributed by atoms with E-state index in [1.165, 1.54) is 0 Å². The molecule has 1 heterocycles. The summed E-state index contributed by atoms with van der Waals surface area (Å²) in [5.41, 5.74) is 3.80. The molecule has 1 aliphatic rings. The molecule has 4 heteroatoms. The summed E-state index contributed by atoms with van der Waals surface area (Å²) in [5, 5.41) is 11.5. The fourth-order valence-corrected chi connectivity index (χ4v) is 1.98. The number of carboxylic acids is 1. The summed E-state index contributed by atoms with van der Waals surface area (Å²) in [6, 6.07) is 3.81. The van der Waals surface area contributed by atoms with Crippen LogP contribution in [0, 0.1) is 6.92 Å². The van der Waals surface area contributed by atoms with Gasteiger partial charge in [-0.05, 0) is 29.2 Å². The molecule has 4 nitrogen and oxygen atoms in total. The van der Waals surface area contributed by atoms with Gasteiger partial charge < -0.3 is 10.4 Å². The topological polar surface area (TPSA) is 66.4 Å². The number of hydrogen-bond donors (Lipinski definition) is 2. The Morgan fingerprint density at radius 2 is 2.19 bits per heavy atom. The van der Waals surface area contributed by atoms with E-state index in [1.807, 2.05) is 19.1 Å². The van der Waals surface area contributed by atoms with E-state index in [4.69, 9.17) is 5.11 Å². The Morgan fingerprint density at radius 1 is 1.44 bits per heavy atom. The number of hydrogen-bond acceptors (Lipinski definition) is 2. The fraction of sp³-hybridized carbons (Fsp3) is 0.333. The molecule has 0 atom stereocenters. The number of amides is 1. The molecule has 1 aromatic carbocycles. The first-order chi connectivity index (χ1) is 7.56. The van der Waals surface area contributed by atoms with E-state index < -0.39 is 5.97 Å². The van der Waals surface area contributed by atoms with Crippen molar-refractivity contribution in [3.05, 3.63) is 34.4 Å². The van der Waals surface area contributed by atoms with E-state index in [0.717, 1.165) is 22.3 Å². The lowest BCUT2D eigenvalue weighted by atomic mass is 9.93. The van der Waals surface area contributed by atoms with E-state index in [9.17, 15) is 9.59 Å². The summed E-state index contributed by atoms with van der Waals surface area (Å²) in [6.07, 6.45) is 0.364. The highest BCUT2D eigenvalue weighted by molar-refractivity contribution is 5.81. The zero-order valence-electron chi connectivity index (χ0n) is 9.04. The number of benzene rings is 1. The maximum Gasteiger partial charge on any atom is 0.307 e. The number of fused-ring (bicyclic) bond motifs is 1. The molecule has 1 aliphatic heterocycles. The molecule has 84 valence electrons. The van der Waals surface area contributed by atoms with Crippen molar-refractivity contribution in [1.29, 1.82) is 0 Å². The van der Waals surface area contributed by atoms with Gasteiger partial charge in [0.2, 0.25) is 5.91 Å². The molecule has 0 aliphatic carbocycles. The number of carbonyl (C=O) groups is 2. The van der Waals surface area contributed by atoms with Gasteiger partial charge in [0.05, 0.1) is 12.8 Å². The van der Waals surface area contributed by atoms with Crippen LogP contribution in [-0.2, 0) is 29.0 Å². The molecular weight excluding hydrogens is 206 g/mol. The van der Waals surface area contributed by atoms with Crippen molar-refractivity contribution in [2.75, 3.05) is 0 Å². The van der Waals surface area contributed by atoms with Crippen LogP contribution in [0.15, 0.2) is 12.1 Å². The minimum Gasteiger partial charge on any atom is -0.481 e. The summed E-state index contributed by atoms with van der Waals surface area (Å²) in [4.78, 5) is 21.9. The molecule has 0 saturated heterocycles. The minimum atomic E-state index is -0.844. The van der Waals surface area contributed by atoms with Gasteiger partial charge >= 0.3 is 5.97 Å². The van der Waals surface area contributed by atoms with Gasteiger partial charge in [-0.2, -0.15) is 0 Å². The van der Waals surface area contributed by atoms with E-state index >= 15 is 0 Å². The van der Waals surface area contributed by atoms with Crippen LogP contribution in [0.2, 0.25) is 0 Å². The molecule has 1 aromatic rings. The van der Waals surface area contributed by atoms with E-state index in [2.05, 4.69) is 5.32 Å². The Bertz CT molecular complexity index is 466. The Hall–Kier alpha value is -1.84. The standard InChI is InChI=1S/C12H13NO3/c1-7-2-10-6-13-11(14)4-9(10)3-8(7)5-12(15)16/h2-3H,4-6H2,1H3,(H,13,14)(H,15,16). The van der Waals surface area contributed by atoms with E-state index in [1.54, 1.807) is 0 Å². The first-order valence-corrected chi connectivity index (χ1v) is 5.16. The molecule has 0 fully saturated rings. The Labute approximate surface area is 93.3 Å². The van der Waals surface area contributed by atoms with Crippen LogP contribution in [0.1, 0.15) is 22.3 Å².